The number of nitrogens with one attached hydrogen (secondary N) is 1. The zero-order valence-corrected chi connectivity index (χ0v) is 13.7. The van der Waals surface area contributed by atoms with Gasteiger partial charge in [0.25, 0.3) is 0 Å². The molecule has 0 bridgehead atoms. The van der Waals surface area contributed by atoms with Crippen LogP contribution in [0.4, 0.5) is 0 Å². The van der Waals surface area contributed by atoms with E-state index in [0.29, 0.717) is 13.1 Å². The number of piperazine rings is 1. The van der Waals surface area contributed by atoms with Gasteiger partial charge in [0.05, 0.1) is 20.1 Å². The number of benzene rings is 1. The predicted molar refractivity (Wildman–Crippen MR) is 87.8 cm³/mol. The predicted octanol–water partition coefficient (Wildman–Crippen LogP) is 0.484. The minimum Gasteiger partial charge on any atom is -0.469 e. The summed E-state index contributed by atoms with van der Waals surface area (Å²) in [6.45, 7) is 5.38. The number of carbonyl (C=O) groups excluding carboxylic acids is 2. The fourth-order valence-electron chi connectivity index (χ4n) is 2.61. The Morgan fingerprint density at radius 1 is 1.09 bits per heavy atom. The van der Waals surface area contributed by atoms with Gasteiger partial charge in [-0.25, -0.2) is 0 Å². The molecule has 0 aromatic heterocycles. The zero-order valence-electron chi connectivity index (χ0n) is 13.7. The monoisotopic (exact) mass is 319 g/mol. The Morgan fingerprint density at radius 2 is 1.74 bits per heavy atom. The second-order valence-corrected chi connectivity index (χ2v) is 5.71. The Hall–Kier alpha value is -1.92. The molecule has 1 fully saturated rings. The van der Waals surface area contributed by atoms with Crippen LogP contribution in [-0.4, -0.2) is 68.1 Å². The lowest BCUT2D eigenvalue weighted by Crippen LogP contribution is -2.49. The van der Waals surface area contributed by atoms with E-state index < -0.39 is 0 Å². The number of carbonyl (C=O) groups is 2. The van der Waals surface area contributed by atoms with Crippen molar-refractivity contribution >= 4 is 11.9 Å². The molecule has 23 heavy (non-hydrogen) atoms. The van der Waals surface area contributed by atoms with Crippen LogP contribution in [0, 0.1) is 0 Å². The number of ether oxygens (including phenoxy) is 1. The van der Waals surface area contributed by atoms with Gasteiger partial charge in [-0.15, -0.1) is 0 Å². The second kappa shape index (κ2) is 9.27. The summed E-state index contributed by atoms with van der Waals surface area (Å²) in [5, 5.41) is 2.75. The van der Waals surface area contributed by atoms with Crippen LogP contribution in [0.3, 0.4) is 0 Å². The molecule has 0 atom stereocenters. The number of methoxy groups -OCH3 is 1. The minimum atomic E-state index is -0.306. The highest BCUT2D eigenvalue weighted by atomic mass is 16.5. The van der Waals surface area contributed by atoms with E-state index in [2.05, 4.69) is 44.1 Å². The summed E-state index contributed by atoms with van der Waals surface area (Å²) in [5.41, 5.74) is 1.32. The van der Waals surface area contributed by atoms with Crippen molar-refractivity contribution < 1.29 is 14.3 Å². The van der Waals surface area contributed by atoms with Crippen LogP contribution >= 0.6 is 0 Å². The lowest BCUT2D eigenvalue weighted by molar-refractivity contribution is -0.140. The Kier molecular flexibility index (Phi) is 7.03. The number of rotatable bonds is 7. The first-order valence-corrected chi connectivity index (χ1v) is 7.99. The zero-order chi connectivity index (χ0) is 16.5. The molecule has 0 spiro atoms. The van der Waals surface area contributed by atoms with Crippen molar-refractivity contribution in [1.82, 2.24) is 15.1 Å². The molecule has 1 heterocycles. The maximum atomic E-state index is 11.8. The summed E-state index contributed by atoms with van der Waals surface area (Å²) < 4.78 is 4.54. The fraction of sp³-hybridized carbons (Fsp3) is 0.529. The molecule has 1 aliphatic heterocycles. The van der Waals surface area contributed by atoms with Crippen molar-refractivity contribution in [2.24, 2.45) is 0 Å². The van der Waals surface area contributed by atoms with E-state index >= 15 is 0 Å². The molecule has 6 nitrogen and oxygen atoms in total. The van der Waals surface area contributed by atoms with Gasteiger partial charge in [0.1, 0.15) is 0 Å². The van der Waals surface area contributed by atoms with Crippen LogP contribution < -0.4 is 5.32 Å². The third-order valence-corrected chi connectivity index (χ3v) is 3.96. The maximum Gasteiger partial charge on any atom is 0.307 e. The van der Waals surface area contributed by atoms with E-state index in [0.717, 1.165) is 32.7 Å². The van der Waals surface area contributed by atoms with Crippen LogP contribution in [0.5, 0.6) is 0 Å². The minimum absolute atomic E-state index is 0.0367. The molecule has 1 aromatic carbocycles. The van der Waals surface area contributed by atoms with Crippen LogP contribution in [-0.2, 0) is 20.9 Å². The lowest BCUT2D eigenvalue weighted by atomic mass is 10.2. The van der Waals surface area contributed by atoms with Gasteiger partial charge in [-0.3, -0.25) is 19.4 Å². The topological polar surface area (TPSA) is 61.9 Å². The smallest absolute Gasteiger partial charge is 0.307 e. The first-order valence-electron chi connectivity index (χ1n) is 7.99. The normalized spacial score (nSPS) is 16.0. The Morgan fingerprint density at radius 3 is 2.39 bits per heavy atom. The lowest BCUT2D eigenvalue weighted by Gasteiger charge is -2.34. The van der Waals surface area contributed by atoms with Crippen LogP contribution in [0.25, 0.3) is 0 Å². The molecule has 1 aromatic rings. The van der Waals surface area contributed by atoms with Crippen LogP contribution in [0.15, 0.2) is 30.3 Å². The van der Waals surface area contributed by atoms with E-state index in [1.54, 1.807) is 0 Å². The molecule has 0 unspecified atom stereocenters. The van der Waals surface area contributed by atoms with Crippen molar-refractivity contribution in [3.05, 3.63) is 35.9 Å². The molecule has 0 saturated carbocycles. The maximum absolute atomic E-state index is 11.8. The number of amides is 1. The molecule has 2 rings (SSSR count). The highest BCUT2D eigenvalue weighted by Gasteiger charge is 2.18. The summed E-state index contributed by atoms with van der Waals surface area (Å²) in [7, 11) is 1.35. The van der Waals surface area contributed by atoms with Crippen molar-refractivity contribution in [3.8, 4) is 0 Å². The molecule has 1 saturated heterocycles. The number of nitrogens with zero attached hydrogens (tertiary/aromatic N) is 2. The van der Waals surface area contributed by atoms with E-state index in [4.69, 9.17) is 0 Å². The first kappa shape index (κ1) is 17.4. The SMILES string of the molecule is COC(=O)CCNC(=O)CN1CCN(Cc2ccccc2)CC1. The Balaban J connectivity index is 1.62. The summed E-state index contributed by atoms with van der Waals surface area (Å²) >= 11 is 0. The third-order valence-electron chi connectivity index (χ3n) is 3.96. The van der Waals surface area contributed by atoms with Crippen molar-refractivity contribution in [2.45, 2.75) is 13.0 Å². The number of hydrogen-bond donors (Lipinski definition) is 1. The Bertz CT molecular complexity index is 499. The van der Waals surface area contributed by atoms with Crippen LogP contribution in [0.2, 0.25) is 0 Å². The standard InChI is InChI=1S/C17H25N3O3/c1-23-17(22)7-8-18-16(21)14-20-11-9-19(10-12-20)13-15-5-3-2-4-6-15/h2-6H,7-14H2,1H3,(H,18,21). The molecular formula is C17H25N3O3. The quantitative estimate of drug-likeness (QED) is 0.741. The summed E-state index contributed by atoms with van der Waals surface area (Å²) in [4.78, 5) is 27.4. The molecule has 0 radical (unpaired) electrons. The molecule has 6 heteroatoms. The molecule has 1 N–H and O–H groups in total. The molecule has 1 amide bonds. The third kappa shape index (κ3) is 6.38. The van der Waals surface area contributed by atoms with E-state index in [-0.39, 0.29) is 18.3 Å². The van der Waals surface area contributed by atoms with E-state index in [1.807, 2.05) is 6.07 Å². The number of esters is 1. The molecule has 1 aliphatic rings. The van der Waals surface area contributed by atoms with Gasteiger partial charge in [0.15, 0.2) is 0 Å². The molecular weight excluding hydrogens is 294 g/mol. The van der Waals surface area contributed by atoms with Gasteiger partial charge >= 0.3 is 5.97 Å². The van der Waals surface area contributed by atoms with Crippen molar-refractivity contribution in [1.29, 1.82) is 0 Å². The van der Waals surface area contributed by atoms with Gasteiger partial charge in [0.2, 0.25) is 5.91 Å². The van der Waals surface area contributed by atoms with Crippen molar-refractivity contribution in [3.63, 3.8) is 0 Å². The molecule has 0 aliphatic carbocycles. The number of hydrogen-bond acceptors (Lipinski definition) is 5. The van der Waals surface area contributed by atoms with Gasteiger partial charge in [-0.2, -0.15) is 0 Å². The van der Waals surface area contributed by atoms with Gasteiger partial charge in [-0.05, 0) is 5.56 Å². The van der Waals surface area contributed by atoms with Crippen molar-refractivity contribution in [2.75, 3.05) is 46.4 Å². The highest BCUT2D eigenvalue weighted by molar-refractivity contribution is 5.78. The van der Waals surface area contributed by atoms with Gasteiger partial charge in [-0.1, -0.05) is 30.3 Å². The first-order chi connectivity index (χ1) is 11.2. The fourth-order valence-corrected chi connectivity index (χ4v) is 2.61. The second-order valence-electron chi connectivity index (χ2n) is 5.71. The van der Waals surface area contributed by atoms with Crippen LogP contribution in [0.1, 0.15) is 12.0 Å². The molecule has 126 valence electrons. The summed E-state index contributed by atoms with van der Waals surface area (Å²) in [6, 6.07) is 10.4. The summed E-state index contributed by atoms with van der Waals surface area (Å²) in [5.74, 6) is -0.342. The average Bonchev–Trinajstić information content (AvgIpc) is 2.57. The van der Waals surface area contributed by atoms with Gasteiger partial charge < -0.3 is 10.1 Å². The van der Waals surface area contributed by atoms with E-state index in [1.165, 1.54) is 12.7 Å². The Labute approximate surface area is 137 Å². The largest absolute Gasteiger partial charge is 0.469 e. The van der Waals surface area contributed by atoms with E-state index in [9.17, 15) is 9.59 Å². The van der Waals surface area contributed by atoms with Gasteiger partial charge in [0, 0.05) is 39.3 Å². The highest BCUT2D eigenvalue weighted by Crippen LogP contribution is 2.08. The average molecular weight is 319 g/mol. The summed E-state index contributed by atoms with van der Waals surface area (Å²) in [6.07, 6.45) is 0.215.